The summed E-state index contributed by atoms with van der Waals surface area (Å²) in [5.41, 5.74) is 2.51. The molecule has 0 aliphatic heterocycles. The molecule has 3 aromatic rings. The molecule has 1 heterocycles. The topological polar surface area (TPSA) is 94.0 Å². The van der Waals surface area contributed by atoms with Gasteiger partial charge in [0.05, 0.1) is 19.7 Å². The predicted octanol–water partition coefficient (Wildman–Crippen LogP) is 2.73. The van der Waals surface area contributed by atoms with Gasteiger partial charge in [-0.15, -0.1) is 5.10 Å². The summed E-state index contributed by atoms with van der Waals surface area (Å²) >= 11 is 0. The summed E-state index contributed by atoms with van der Waals surface area (Å²) in [4.78, 5) is 12.1. The second-order valence-corrected chi connectivity index (χ2v) is 6.39. The van der Waals surface area contributed by atoms with Gasteiger partial charge < -0.3 is 15.4 Å². The van der Waals surface area contributed by atoms with Gasteiger partial charge in [-0.3, -0.25) is 4.79 Å². The average Bonchev–Trinajstić information content (AvgIpc) is 3.43. The summed E-state index contributed by atoms with van der Waals surface area (Å²) in [6.45, 7) is 0.163. The summed E-state index contributed by atoms with van der Waals surface area (Å²) < 4.78 is 7.03. The molecular weight excluding hydrogens is 344 g/mol. The summed E-state index contributed by atoms with van der Waals surface area (Å²) in [6.07, 6.45) is 2.25. The van der Waals surface area contributed by atoms with E-state index in [0.29, 0.717) is 17.5 Å². The molecule has 1 aliphatic carbocycles. The Bertz CT molecular complexity index is 933. The highest BCUT2D eigenvalue weighted by Crippen LogP contribution is 2.36. The largest absolute Gasteiger partial charge is 0.497 e. The number of hydrogen-bond acceptors (Lipinski definition) is 6. The molecule has 0 unspecified atom stereocenters. The van der Waals surface area contributed by atoms with Crippen LogP contribution < -0.4 is 15.4 Å². The molecule has 8 heteroatoms. The van der Waals surface area contributed by atoms with Crippen LogP contribution >= 0.6 is 0 Å². The first-order valence-electron chi connectivity index (χ1n) is 8.79. The third-order valence-electron chi connectivity index (χ3n) is 4.34. The smallest absolute Gasteiger partial charge is 0.243 e. The van der Waals surface area contributed by atoms with Crippen LogP contribution in [0.1, 0.15) is 18.9 Å². The number of carbonyl (C=O) groups excluding carboxylic acids is 1. The minimum atomic E-state index is -0.134. The van der Waals surface area contributed by atoms with Crippen LogP contribution in [0.4, 0.5) is 11.4 Å². The Morgan fingerprint density at radius 2 is 2.00 bits per heavy atom. The molecule has 2 N–H and O–H groups in total. The number of rotatable bonds is 7. The van der Waals surface area contributed by atoms with Crippen molar-refractivity contribution in [3.63, 3.8) is 0 Å². The van der Waals surface area contributed by atoms with Crippen molar-refractivity contribution in [1.29, 1.82) is 0 Å². The van der Waals surface area contributed by atoms with Crippen molar-refractivity contribution in [1.82, 2.24) is 20.2 Å². The van der Waals surface area contributed by atoms with E-state index >= 15 is 0 Å². The van der Waals surface area contributed by atoms with Gasteiger partial charge in [0.1, 0.15) is 5.75 Å². The molecule has 138 valence electrons. The fourth-order valence-corrected chi connectivity index (χ4v) is 2.77. The lowest BCUT2D eigenvalue weighted by Crippen LogP contribution is -2.21. The first kappa shape index (κ1) is 17.0. The number of tetrazole rings is 1. The number of hydrogen-bond donors (Lipinski definition) is 2. The number of amides is 1. The van der Waals surface area contributed by atoms with E-state index in [4.69, 9.17) is 4.74 Å². The first-order chi connectivity index (χ1) is 13.2. The van der Waals surface area contributed by atoms with Crippen LogP contribution in [0.5, 0.6) is 5.75 Å². The molecular formula is C19H20N6O2. The van der Waals surface area contributed by atoms with E-state index in [1.165, 1.54) is 0 Å². The third kappa shape index (κ3) is 4.05. The van der Waals surface area contributed by atoms with Crippen molar-refractivity contribution in [2.75, 3.05) is 24.3 Å². The van der Waals surface area contributed by atoms with E-state index in [1.807, 2.05) is 47.1 Å². The zero-order valence-corrected chi connectivity index (χ0v) is 14.9. The highest BCUT2D eigenvalue weighted by atomic mass is 16.5. The van der Waals surface area contributed by atoms with E-state index in [-0.39, 0.29) is 12.5 Å². The molecule has 1 amide bonds. The van der Waals surface area contributed by atoms with Gasteiger partial charge in [-0.1, -0.05) is 6.07 Å². The van der Waals surface area contributed by atoms with Crippen molar-refractivity contribution >= 4 is 17.3 Å². The Balaban J connectivity index is 1.34. The summed E-state index contributed by atoms with van der Waals surface area (Å²) in [5.74, 6) is 1.34. The highest BCUT2D eigenvalue weighted by Gasteiger charge is 2.28. The lowest BCUT2D eigenvalue weighted by Gasteiger charge is -2.09. The predicted molar refractivity (Wildman–Crippen MR) is 102 cm³/mol. The molecule has 1 aromatic heterocycles. The van der Waals surface area contributed by atoms with Gasteiger partial charge >= 0.3 is 0 Å². The lowest BCUT2D eigenvalue weighted by atomic mass is 10.2. The Morgan fingerprint density at radius 1 is 1.19 bits per heavy atom. The summed E-state index contributed by atoms with van der Waals surface area (Å²) in [7, 11) is 1.59. The van der Waals surface area contributed by atoms with Crippen LogP contribution in [-0.4, -0.2) is 39.8 Å². The van der Waals surface area contributed by atoms with E-state index in [9.17, 15) is 4.79 Å². The van der Waals surface area contributed by atoms with E-state index < -0.39 is 0 Å². The van der Waals surface area contributed by atoms with Crippen LogP contribution in [0.2, 0.25) is 0 Å². The van der Waals surface area contributed by atoms with Crippen LogP contribution in [0.25, 0.3) is 11.4 Å². The summed E-state index contributed by atoms with van der Waals surface area (Å²) in [6, 6.07) is 15.4. The van der Waals surface area contributed by atoms with Crippen LogP contribution in [0.3, 0.4) is 0 Å². The van der Waals surface area contributed by atoms with Crippen LogP contribution in [-0.2, 0) is 4.79 Å². The minimum Gasteiger partial charge on any atom is -0.497 e. The second kappa shape index (κ2) is 7.45. The first-order valence-corrected chi connectivity index (χ1v) is 8.79. The monoisotopic (exact) mass is 364 g/mol. The number of nitrogens with zero attached hydrogens (tertiary/aromatic N) is 4. The van der Waals surface area contributed by atoms with Gasteiger partial charge in [-0.2, -0.15) is 0 Å². The maximum absolute atomic E-state index is 12.1. The molecule has 1 fully saturated rings. The number of aromatic nitrogens is 4. The van der Waals surface area contributed by atoms with Gasteiger partial charge in [0.15, 0.2) is 5.82 Å². The van der Waals surface area contributed by atoms with Crippen molar-refractivity contribution in [2.24, 2.45) is 0 Å². The SMILES string of the molecule is COc1cccc(NC(=O)CNc2ccc(-c3nnnn3C3CC3)cc2)c1. The van der Waals surface area contributed by atoms with Crippen molar-refractivity contribution in [3.8, 4) is 17.1 Å². The molecule has 0 bridgehead atoms. The molecule has 27 heavy (non-hydrogen) atoms. The van der Waals surface area contributed by atoms with Crippen LogP contribution in [0, 0.1) is 0 Å². The Morgan fingerprint density at radius 3 is 2.74 bits per heavy atom. The van der Waals surface area contributed by atoms with E-state index in [2.05, 4.69) is 26.2 Å². The Labute approximate surface area is 156 Å². The van der Waals surface area contributed by atoms with Crippen molar-refractivity contribution < 1.29 is 9.53 Å². The van der Waals surface area contributed by atoms with Gasteiger partial charge in [0.2, 0.25) is 5.91 Å². The molecule has 0 spiro atoms. The molecule has 4 rings (SSSR count). The fourth-order valence-electron chi connectivity index (χ4n) is 2.77. The molecule has 0 atom stereocenters. The Kier molecular flexibility index (Phi) is 4.69. The minimum absolute atomic E-state index is 0.134. The van der Waals surface area contributed by atoms with Crippen molar-refractivity contribution in [2.45, 2.75) is 18.9 Å². The van der Waals surface area contributed by atoms with Gasteiger partial charge in [-0.05, 0) is 59.7 Å². The normalized spacial score (nSPS) is 13.2. The number of methoxy groups -OCH3 is 1. The number of anilines is 2. The van der Waals surface area contributed by atoms with Crippen molar-refractivity contribution in [3.05, 3.63) is 48.5 Å². The van der Waals surface area contributed by atoms with Crippen LogP contribution in [0.15, 0.2) is 48.5 Å². The maximum Gasteiger partial charge on any atom is 0.243 e. The molecule has 1 saturated carbocycles. The van der Waals surface area contributed by atoms with E-state index in [1.54, 1.807) is 13.2 Å². The number of ether oxygens (including phenoxy) is 1. The summed E-state index contributed by atoms with van der Waals surface area (Å²) in [5, 5.41) is 17.9. The highest BCUT2D eigenvalue weighted by molar-refractivity contribution is 5.93. The zero-order chi connectivity index (χ0) is 18.6. The second-order valence-electron chi connectivity index (χ2n) is 6.39. The molecule has 0 radical (unpaired) electrons. The number of benzene rings is 2. The molecule has 8 nitrogen and oxygen atoms in total. The lowest BCUT2D eigenvalue weighted by molar-refractivity contribution is -0.114. The fraction of sp³-hybridized carbons (Fsp3) is 0.263. The number of nitrogens with one attached hydrogen (secondary N) is 2. The quantitative estimate of drug-likeness (QED) is 0.669. The molecule has 1 aliphatic rings. The zero-order valence-electron chi connectivity index (χ0n) is 14.9. The average molecular weight is 364 g/mol. The van der Waals surface area contributed by atoms with Gasteiger partial charge in [0, 0.05) is 23.0 Å². The number of carbonyl (C=O) groups is 1. The molecule has 2 aromatic carbocycles. The van der Waals surface area contributed by atoms with Gasteiger partial charge in [0.25, 0.3) is 0 Å². The maximum atomic E-state index is 12.1. The Hall–Kier alpha value is -3.42. The third-order valence-corrected chi connectivity index (χ3v) is 4.34. The molecule has 0 saturated heterocycles. The van der Waals surface area contributed by atoms with Gasteiger partial charge in [-0.25, -0.2) is 4.68 Å². The van der Waals surface area contributed by atoms with E-state index in [0.717, 1.165) is 29.9 Å². The standard InChI is InChI=1S/C19H20N6O2/c1-27-17-4-2-3-15(11-17)21-18(26)12-20-14-7-5-13(6-8-14)19-22-23-24-25(19)16-9-10-16/h2-8,11,16,20H,9-10,12H2,1H3,(H,21,26).